The number of amides is 2. The van der Waals surface area contributed by atoms with Crippen LogP contribution >= 0.6 is 23.3 Å². The van der Waals surface area contributed by atoms with Gasteiger partial charge < -0.3 is 29.9 Å². The number of quaternary nitrogens is 1. The van der Waals surface area contributed by atoms with Gasteiger partial charge in [0.05, 0.1) is 33.2 Å². The highest BCUT2D eigenvalue weighted by Crippen LogP contribution is 2.40. The number of oxime groups is 1. The van der Waals surface area contributed by atoms with Crippen molar-refractivity contribution >= 4 is 51.9 Å². The van der Waals surface area contributed by atoms with E-state index in [1.807, 2.05) is 12.1 Å². The molecule has 1 fully saturated rings. The minimum Gasteiger partial charge on any atom is -0.477 e. The van der Waals surface area contributed by atoms with E-state index in [0.717, 1.165) is 23.6 Å². The fourth-order valence-electron chi connectivity index (χ4n) is 4.01. The zero-order valence-corrected chi connectivity index (χ0v) is 21.9. The number of carboxylic acids is 1. The number of hydrogen-bond acceptors (Lipinski definition) is 11. The summed E-state index contributed by atoms with van der Waals surface area (Å²) in [6, 6.07) is 0.964. The highest BCUT2D eigenvalue weighted by atomic mass is 32.2. The van der Waals surface area contributed by atoms with Gasteiger partial charge in [-0.25, -0.2) is 4.79 Å². The number of aliphatic carboxylic acids is 1. The molecule has 15 heteroatoms. The molecular weight excluding hydrogens is 522 g/mol. The van der Waals surface area contributed by atoms with E-state index in [4.69, 9.17) is 15.0 Å². The van der Waals surface area contributed by atoms with Crippen LogP contribution in [0.4, 0.5) is 5.13 Å². The van der Waals surface area contributed by atoms with Gasteiger partial charge in [0.2, 0.25) is 11.5 Å². The average molecular weight is 549 g/mol. The number of furan rings is 1. The first-order valence-corrected chi connectivity index (χ1v) is 12.9. The molecule has 2 aromatic rings. The van der Waals surface area contributed by atoms with Crippen molar-refractivity contribution in [3.63, 3.8) is 0 Å². The minimum absolute atomic E-state index is 0.0329. The Balaban J connectivity index is 1.46. The number of fused-ring (bicyclic) bond motifs is 1. The van der Waals surface area contributed by atoms with Crippen molar-refractivity contribution in [3.8, 4) is 0 Å². The lowest BCUT2D eigenvalue weighted by Crippen LogP contribution is -2.71. The molecule has 2 aliphatic rings. The molecule has 0 aromatic carbocycles. The van der Waals surface area contributed by atoms with Gasteiger partial charge in [0.25, 0.3) is 11.8 Å². The van der Waals surface area contributed by atoms with Crippen molar-refractivity contribution in [2.45, 2.75) is 18.0 Å². The van der Waals surface area contributed by atoms with E-state index in [2.05, 4.69) is 33.9 Å². The Labute approximate surface area is 220 Å². The number of nitrogen functional groups attached to an aromatic ring is 1. The van der Waals surface area contributed by atoms with Crippen LogP contribution in [0.25, 0.3) is 0 Å². The number of carboxylic acid groups (broad SMARTS) is 1. The number of carbonyl (C=O) groups is 3. The Bertz CT molecular complexity index is 1280. The molecule has 4 rings (SSSR count). The topological polar surface area (TPSA) is 173 Å². The highest BCUT2D eigenvalue weighted by molar-refractivity contribution is 8.00. The van der Waals surface area contributed by atoms with Crippen molar-refractivity contribution in [3.05, 3.63) is 53.4 Å². The van der Waals surface area contributed by atoms with Gasteiger partial charge in [0.1, 0.15) is 30.8 Å². The van der Waals surface area contributed by atoms with Gasteiger partial charge in [-0.3, -0.25) is 14.5 Å². The van der Waals surface area contributed by atoms with Gasteiger partial charge in [0, 0.05) is 22.8 Å². The number of carbonyl (C=O) groups excluding carboxylic acids is 2. The molecule has 2 aliphatic heterocycles. The summed E-state index contributed by atoms with van der Waals surface area (Å²) in [5, 5.41) is 15.7. The van der Waals surface area contributed by atoms with Gasteiger partial charge in [-0.2, -0.15) is 9.36 Å². The molecule has 0 radical (unpaired) electrons. The maximum Gasteiger partial charge on any atom is 0.352 e. The predicted molar refractivity (Wildman–Crippen MR) is 136 cm³/mol. The number of anilines is 1. The predicted octanol–water partition coefficient (Wildman–Crippen LogP) is 0.635. The number of rotatable bonds is 10. The second-order valence-electron chi connectivity index (χ2n) is 8.93. The lowest BCUT2D eigenvalue weighted by Gasteiger charge is -2.49. The number of nitrogens with zero attached hydrogens (tertiary/aromatic N) is 5. The van der Waals surface area contributed by atoms with Gasteiger partial charge in [0.15, 0.2) is 5.13 Å². The van der Waals surface area contributed by atoms with Gasteiger partial charge >= 0.3 is 5.97 Å². The number of thioether (sulfide) groups is 1. The van der Waals surface area contributed by atoms with Crippen molar-refractivity contribution in [2.75, 3.05) is 39.2 Å². The molecule has 1 saturated heterocycles. The van der Waals surface area contributed by atoms with Gasteiger partial charge in [-0.15, -0.1) is 11.8 Å². The molecule has 196 valence electrons. The van der Waals surface area contributed by atoms with E-state index >= 15 is 0 Å². The molecule has 0 aliphatic carbocycles. The second kappa shape index (κ2) is 10.7. The summed E-state index contributed by atoms with van der Waals surface area (Å²) in [4.78, 5) is 47.8. The van der Waals surface area contributed by atoms with Crippen LogP contribution in [0.15, 0.2) is 51.6 Å². The van der Waals surface area contributed by atoms with Crippen molar-refractivity contribution in [1.82, 2.24) is 19.6 Å². The Morgan fingerprint density at radius 1 is 1.46 bits per heavy atom. The third-order valence-corrected chi connectivity index (χ3v) is 7.49. The first-order chi connectivity index (χ1) is 17.6. The molecule has 0 unspecified atom stereocenters. The summed E-state index contributed by atoms with van der Waals surface area (Å²) < 4.78 is 9.71. The lowest BCUT2D eigenvalue weighted by molar-refractivity contribution is -0.897. The van der Waals surface area contributed by atoms with Crippen molar-refractivity contribution in [1.29, 1.82) is 0 Å². The molecule has 0 saturated carbocycles. The smallest absolute Gasteiger partial charge is 0.352 e. The molecule has 37 heavy (non-hydrogen) atoms. The third kappa shape index (κ3) is 5.68. The first kappa shape index (κ1) is 26.4. The summed E-state index contributed by atoms with van der Waals surface area (Å²) in [5.74, 6) is -2.15. The maximum absolute atomic E-state index is 13.0. The summed E-state index contributed by atoms with van der Waals surface area (Å²) in [5.41, 5.74) is 6.85. The number of β-lactam (4-membered cyclic amide) rings is 1. The van der Waals surface area contributed by atoms with E-state index in [1.165, 1.54) is 23.8 Å². The summed E-state index contributed by atoms with van der Waals surface area (Å²) in [6.45, 7) is 1.38. The van der Waals surface area contributed by atoms with E-state index in [9.17, 15) is 19.5 Å². The molecule has 4 heterocycles. The largest absolute Gasteiger partial charge is 0.477 e. The Hall–Kier alpha value is -3.69. The monoisotopic (exact) mass is 548 g/mol. The molecule has 2 atom stereocenters. The molecular formula is C22H26N7O6S2+. The average Bonchev–Trinajstić information content (AvgIpc) is 3.51. The van der Waals surface area contributed by atoms with Gasteiger partial charge in [-0.05, 0) is 17.7 Å². The lowest BCUT2D eigenvalue weighted by atomic mass is 10.0. The van der Waals surface area contributed by atoms with Crippen LogP contribution < -0.4 is 11.1 Å². The molecule has 2 aromatic heterocycles. The summed E-state index contributed by atoms with van der Waals surface area (Å²) in [6.07, 6.45) is 6.98. The fourth-order valence-corrected chi connectivity index (χ4v) is 5.76. The number of aromatic nitrogens is 2. The number of nitrogens with two attached hydrogens (primary N) is 1. The van der Waals surface area contributed by atoms with Crippen LogP contribution in [-0.2, 0) is 25.8 Å². The molecule has 2 amide bonds. The zero-order chi connectivity index (χ0) is 26.7. The molecule has 13 nitrogen and oxygen atoms in total. The van der Waals surface area contributed by atoms with Crippen LogP contribution in [-0.4, -0.2) is 92.3 Å². The van der Waals surface area contributed by atoms with Crippen LogP contribution in [0.3, 0.4) is 0 Å². The number of allylic oxidation sites excluding steroid dienone is 1. The van der Waals surface area contributed by atoms with Gasteiger partial charge in [-0.1, -0.05) is 11.2 Å². The van der Waals surface area contributed by atoms with Crippen LogP contribution in [0.5, 0.6) is 0 Å². The molecule has 0 spiro atoms. The van der Waals surface area contributed by atoms with E-state index in [-0.39, 0.29) is 22.4 Å². The number of likely N-dealkylation sites (N-methyl/N-ethyl adjacent to an activating group) is 1. The second-order valence-corrected chi connectivity index (χ2v) is 10.8. The Morgan fingerprint density at radius 2 is 2.24 bits per heavy atom. The van der Waals surface area contributed by atoms with Crippen molar-refractivity contribution < 1.29 is 33.2 Å². The fraction of sp³-hybridized carbons (Fsp3) is 0.364. The maximum atomic E-state index is 13.0. The minimum atomic E-state index is -1.21. The quantitative estimate of drug-likeness (QED) is 0.165. The highest BCUT2D eigenvalue weighted by Gasteiger charge is 2.54. The normalized spacial score (nSPS) is 20.1. The van der Waals surface area contributed by atoms with E-state index in [1.54, 1.807) is 18.6 Å². The third-order valence-electron chi connectivity index (χ3n) is 5.65. The molecule has 4 N–H and O–H groups in total. The standard InChI is InChI=1S/C22H25N7O6S2/c1-29(2,9-12-6-8-35-10-12)7-4-5-13-11-36-20-15(19(31)28(20)16(13)21(32)33)24-18(30)14(26-34-3)17-25-22(23)37-27-17/h4-6,8,10,15,20H,7,9,11H2,1-3H3,(H3-,23,24,25,27,30,32,33)/p+1/b5-4+,26-14-/t15-,20-/m1/s1. The number of hydrogen-bond donors (Lipinski definition) is 3. The zero-order valence-electron chi connectivity index (χ0n) is 20.3. The Kier molecular flexibility index (Phi) is 7.65. The SMILES string of the molecule is CO/N=C(\C(=O)N[C@@H]1C(=O)N2C(C(=O)O)=C(/C=C/C[N+](C)(C)Cc3ccoc3)CS[C@H]12)c1nsc(N)n1. The van der Waals surface area contributed by atoms with Crippen LogP contribution in [0, 0.1) is 0 Å². The first-order valence-electron chi connectivity index (χ1n) is 11.0. The van der Waals surface area contributed by atoms with Crippen molar-refractivity contribution in [2.24, 2.45) is 5.16 Å². The molecule has 0 bridgehead atoms. The van der Waals surface area contributed by atoms with E-state index < -0.39 is 29.2 Å². The van der Waals surface area contributed by atoms with Crippen LogP contribution in [0.1, 0.15) is 11.4 Å². The number of nitrogens with one attached hydrogen (secondary N) is 1. The Morgan fingerprint density at radius 3 is 2.86 bits per heavy atom. The van der Waals surface area contributed by atoms with E-state index in [0.29, 0.717) is 22.4 Å². The summed E-state index contributed by atoms with van der Waals surface area (Å²) in [7, 11) is 5.36. The summed E-state index contributed by atoms with van der Waals surface area (Å²) >= 11 is 2.25. The van der Waals surface area contributed by atoms with Crippen LogP contribution in [0.2, 0.25) is 0 Å².